The highest BCUT2D eigenvalue weighted by atomic mass is 32.2. The zero-order valence-corrected chi connectivity index (χ0v) is 19.2. The second-order valence-electron chi connectivity index (χ2n) is 7.71. The maximum absolute atomic E-state index is 12.8. The number of carbonyl (C=O) groups is 2. The minimum atomic E-state index is -3.61. The minimum absolute atomic E-state index is 0.0323. The van der Waals surface area contributed by atoms with Crippen LogP contribution in [0.15, 0.2) is 41.3 Å². The van der Waals surface area contributed by atoms with Gasteiger partial charge in [0, 0.05) is 30.8 Å². The normalized spacial score (nSPS) is 13.2. The molecule has 0 bridgehead atoms. The molecule has 0 fully saturated rings. The van der Waals surface area contributed by atoms with Gasteiger partial charge in [0.05, 0.1) is 10.6 Å². The van der Waals surface area contributed by atoms with Crippen LogP contribution in [0.4, 0.5) is 11.4 Å². The molecule has 7 heteroatoms. The van der Waals surface area contributed by atoms with E-state index >= 15 is 0 Å². The highest BCUT2D eigenvalue weighted by molar-refractivity contribution is 7.91. The molecule has 0 saturated carbocycles. The lowest BCUT2D eigenvalue weighted by atomic mass is 10.0. The monoisotopic (exact) mass is 442 g/mol. The molecular weight excluding hydrogens is 412 g/mol. The van der Waals surface area contributed by atoms with Crippen molar-refractivity contribution in [3.63, 3.8) is 0 Å². The van der Waals surface area contributed by atoms with Crippen molar-refractivity contribution in [1.82, 2.24) is 0 Å². The Bertz CT molecular complexity index is 1070. The third kappa shape index (κ3) is 4.98. The largest absolute Gasteiger partial charge is 0.326 e. The lowest BCUT2D eigenvalue weighted by Crippen LogP contribution is -2.27. The zero-order valence-electron chi connectivity index (χ0n) is 18.4. The van der Waals surface area contributed by atoms with Crippen molar-refractivity contribution in [2.24, 2.45) is 0 Å². The quantitative estimate of drug-likeness (QED) is 0.672. The number of sulfone groups is 1. The van der Waals surface area contributed by atoms with Gasteiger partial charge < -0.3 is 10.2 Å². The Morgan fingerprint density at radius 2 is 1.71 bits per heavy atom. The lowest BCUT2D eigenvalue weighted by molar-refractivity contribution is -0.118. The Morgan fingerprint density at radius 3 is 2.32 bits per heavy atom. The fourth-order valence-electron chi connectivity index (χ4n) is 3.97. The van der Waals surface area contributed by atoms with Crippen LogP contribution in [0, 0.1) is 0 Å². The molecule has 3 rings (SSSR count). The first-order chi connectivity index (χ1) is 14.8. The molecule has 0 saturated heterocycles. The van der Waals surface area contributed by atoms with Crippen molar-refractivity contribution in [2.75, 3.05) is 22.5 Å². The van der Waals surface area contributed by atoms with E-state index < -0.39 is 9.84 Å². The number of fused-ring (bicyclic) bond motifs is 1. The first kappa shape index (κ1) is 23.0. The fraction of sp³-hybridized carbons (Fsp3) is 0.417. The van der Waals surface area contributed by atoms with Crippen LogP contribution in [0.5, 0.6) is 0 Å². The molecule has 1 N–H and O–H groups in total. The molecule has 6 nitrogen and oxygen atoms in total. The van der Waals surface area contributed by atoms with Crippen molar-refractivity contribution >= 4 is 33.0 Å². The van der Waals surface area contributed by atoms with Gasteiger partial charge in [-0.3, -0.25) is 9.59 Å². The number of carbonyl (C=O) groups excluding carboxylic acids is 2. The molecular formula is C24H30N2O4S. The molecule has 0 radical (unpaired) electrons. The molecule has 0 aliphatic carbocycles. The van der Waals surface area contributed by atoms with Crippen molar-refractivity contribution in [3.8, 4) is 0 Å². The van der Waals surface area contributed by atoms with Gasteiger partial charge in [-0.05, 0) is 54.2 Å². The first-order valence-corrected chi connectivity index (χ1v) is 12.5. The number of anilines is 2. The van der Waals surface area contributed by atoms with Gasteiger partial charge in [0.15, 0.2) is 9.84 Å². The number of para-hydroxylation sites is 1. The highest BCUT2D eigenvalue weighted by Gasteiger charge is 2.26. The highest BCUT2D eigenvalue weighted by Crippen LogP contribution is 2.31. The third-order valence-corrected chi connectivity index (χ3v) is 7.48. The van der Waals surface area contributed by atoms with Crippen molar-refractivity contribution < 1.29 is 18.0 Å². The summed E-state index contributed by atoms with van der Waals surface area (Å²) in [5.41, 5.74) is 4.53. The van der Waals surface area contributed by atoms with Crippen molar-refractivity contribution in [3.05, 3.63) is 53.1 Å². The van der Waals surface area contributed by atoms with E-state index in [1.54, 1.807) is 17.0 Å². The van der Waals surface area contributed by atoms with E-state index in [0.717, 1.165) is 40.9 Å². The Hall–Kier alpha value is -2.67. The van der Waals surface area contributed by atoms with Gasteiger partial charge in [-0.15, -0.1) is 0 Å². The number of amides is 2. The number of nitrogens with one attached hydrogen (secondary N) is 1. The molecule has 0 spiro atoms. The number of nitrogens with zero attached hydrogens (tertiary/aromatic N) is 1. The van der Waals surface area contributed by atoms with Gasteiger partial charge in [0.2, 0.25) is 11.8 Å². The molecule has 1 aliphatic rings. The summed E-state index contributed by atoms with van der Waals surface area (Å²) in [4.78, 5) is 26.5. The van der Waals surface area contributed by atoms with E-state index in [0.29, 0.717) is 19.4 Å². The Kier molecular flexibility index (Phi) is 7.15. The summed E-state index contributed by atoms with van der Waals surface area (Å²) in [7, 11) is -3.61. The van der Waals surface area contributed by atoms with Crippen LogP contribution < -0.4 is 10.2 Å². The maximum atomic E-state index is 12.8. The second-order valence-corrected chi connectivity index (χ2v) is 9.82. The van der Waals surface area contributed by atoms with Gasteiger partial charge in [-0.25, -0.2) is 8.42 Å². The molecule has 2 aromatic rings. The number of hydrogen-bond donors (Lipinski definition) is 1. The van der Waals surface area contributed by atoms with Crippen LogP contribution in [0.25, 0.3) is 0 Å². The molecule has 1 heterocycles. The number of aryl methyl sites for hydroxylation is 2. The maximum Gasteiger partial charge on any atom is 0.226 e. The molecule has 31 heavy (non-hydrogen) atoms. The van der Waals surface area contributed by atoms with Crippen LogP contribution in [0.1, 0.15) is 50.3 Å². The van der Waals surface area contributed by atoms with E-state index in [9.17, 15) is 18.0 Å². The van der Waals surface area contributed by atoms with Crippen molar-refractivity contribution in [2.45, 2.75) is 57.8 Å². The molecule has 2 amide bonds. The van der Waals surface area contributed by atoms with Crippen LogP contribution in [-0.2, 0) is 38.7 Å². The van der Waals surface area contributed by atoms with Gasteiger partial charge in [-0.1, -0.05) is 39.0 Å². The van der Waals surface area contributed by atoms with Crippen LogP contribution in [-0.4, -0.2) is 32.5 Å². The van der Waals surface area contributed by atoms with E-state index in [1.807, 2.05) is 39.0 Å². The average Bonchev–Trinajstić information content (AvgIpc) is 3.20. The number of hydrogen-bond acceptors (Lipinski definition) is 4. The van der Waals surface area contributed by atoms with Gasteiger partial charge in [-0.2, -0.15) is 0 Å². The molecule has 0 atom stereocenters. The van der Waals surface area contributed by atoms with E-state index in [1.165, 1.54) is 6.07 Å². The molecule has 1 aliphatic heterocycles. The van der Waals surface area contributed by atoms with E-state index in [-0.39, 0.29) is 28.9 Å². The topological polar surface area (TPSA) is 83.6 Å². The molecule has 0 aromatic heterocycles. The van der Waals surface area contributed by atoms with Crippen molar-refractivity contribution in [1.29, 1.82) is 0 Å². The Balaban J connectivity index is 1.70. The second kappa shape index (κ2) is 9.64. The van der Waals surface area contributed by atoms with Gasteiger partial charge in [0.25, 0.3) is 0 Å². The lowest BCUT2D eigenvalue weighted by Gasteiger charge is -2.16. The summed E-state index contributed by atoms with van der Waals surface area (Å²) in [5.74, 6) is -0.532. The molecule has 166 valence electrons. The smallest absolute Gasteiger partial charge is 0.226 e. The molecule has 2 aromatic carbocycles. The Labute approximate surface area is 184 Å². The summed E-state index contributed by atoms with van der Waals surface area (Å²) >= 11 is 0. The summed E-state index contributed by atoms with van der Waals surface area (Å²) in [5, 5.41) is 2.92. The van der Waals surface area contributed by atoms with E-state index in [2.05, 4.69) is 5.32 Å². The average molecular weight is 443 g/mol. The predicted molar refractivity (Wildman–Crippen MR) is 123 cm³/mol. The fourth-order valence-corrected chi connectivity index (χ4v) is 5.26. The standard InChI is InChI=1S/C24H30N2O4S/c1-4-17-8-7-9-18(5-2)24(17)25-22(27)13-15-31(29,30)20-10-11-21-19(16-20)12-14-26(21)23(28)6-3/h7-11,16H,4-6,12-15H2,1-3H3,(H,25,27). The Morgan fingerprint density at radius 1 is 1.03 bits per heavy atom. The van der Waals surface area contributed by atoms with Crippen LogP contribution in [0.3, 0.4) is 0 Å². The zero-order chi connectivity index (χ0) is 22.6. The van der Waals surface area contributed by atoms with E-state index in [4.69, 9.17) is 0 Å². The summed E-state index contributed by atoms with van der Waals surface area (Å²) in [6.07, 6.45) is 2.51. The number of benzene rings is 2. The van der Waals surface area contributed by atoms with Crippen LogP contribution >= 0.6 is 0 Å². The SMILES string of the molecule is CCC(=O)N1CCc2cc(S(=O)(=O)CCC(=O)Nc3c(CC)cccc3CC)ccc21. The summed E-state index contributed by atoms with van der Waals surface area (Å²) in [6.45, 7) is 6.44. The summed E-state index contributed by atoms with van der Waals surface area (Å²) in [6, 6.07) is 10.8. The third-order valence-electron chi connectivity index (χ3n) is 5.77. The summed E-state index contributed by atoms with van der Waals surface area (Å²) < 4.78 is 25.7. The first-order valence-electron chi connectivity index (χ1n) is 10.9. The van der Waals surface area contributed by atoms with Gasteiger partial charge >= 0.3 is 0 Å². The van der Waals surface area contributed by atoms with Crippen LogP contribution in [0.2, 0.25) is 0 Å². The number of rotatable bonds is 8. The minimum Gasteiger partial charge on any atom is -0.326 e. The van der Waals surface area contributed by atoms with Gasteiger partial charge in [0.1, 0.15) is 0 Å². The predicted octanol–water partition coefficient (Wildman–Crippen LogP) is 3.91. The molecule has 0 unspecified atom stereocenters.